The van der Waals surface area contributed by atoms with Crippen molar-refractivity contribution in [2.75, 3.05) is 33.2 Å². The molecule has 0 atom stereocenters. The van der Waals surface area contributed by atoms with E-state index in [0.29, 0.717) is 12.3 Å². The molecule has 0 bridgehead atoms. The molecular formula is C23H33FN2O. The summed E-state index contributed by atoms with van der Waals surface area (Å²) in [6, 6.07) is 6.91. The first kappa shape index (κ1) is 20.1. The number of likely N-dealkylation sites (tertiary alicyclic amines) is 1. The lowest BCUT2D eigenvalue weighted by Crippen LogP contribution is -2.40. The molecule has 1 aromatic carbocycles. The second-order valence-electron chi connectivity index (χ2n) is 8.22. The van der Waals surface area contributed by atoms with E-state index in [0.717, 1.165) is 63.8 Å². The van der Waals surface area contributed by atoms with Crippen molar-refractivity contribution in [3.63, 3.8) is 0 Å². The highest BCUT2D eigenvalue weighted by Gasteiger charge is 2.22. The molecule has 3 nitrogen and oxygen atoms in total. The molecule has 1 amide bonds. The summed E-state index contributed by atoms with van der Waals surface area (Å²) in [6.45, 7) is 4.02. The topological polar surface area (TPSA) is 23.6 Å². The van der Waals surface area contributed by atoms with Gasteiger partial charge < -0.3 is 9.80 Å². The highest BCUT2D eigenvalue weighted by atomic mass is 19.1. The predicted octanol–water partition coefficient (Wildman–Crippen LogP) is 4.43. The van der Waals surface area contributed by atoms with Crippen LogP contribution in [0.5, 0.6) is 0 Å². The van der Waals surface area contributed by atoms with Gasteiger partial charge in [-0.3, -0.25) is 4.79 Å². The number of carbonyl (C=O) groups is 1. The minimum atomic E-state index is -0.150. The Morgan fingerprint density at radius 3 is 2.78 bits per heavy atom. The maximum Gasteiger partial charge on any atom is 0.226 e. The van der Waals surface area contributed by atoms with Crippen LogP contribution in [0.1, 0.15) is 50.5 Å². The average molecular weight is 373 g/mol. The molecule has 148 valence electrons. The summed E-state index contributed by atoms with van der Waals surface area (Å²) in [6.07, 6.45) is 10.8. The Bertz CT molecular complexity index is 650. The number of nitrogens with zero attached hydrogens (tertiary/aromatic N) is 2. The third-order valence-electron chi connectivity index (χ3n) is 6.03. The van der Waals surface area contributed by atoms with Gasteiger partial charge in [0.1, 0.15) is 5.82 Å². The van der Waals surface area contributed by atoms with E-state index in [2.05, 4.69) is 11.0 Å². The van der Waals surface area contributed by atoms with Crippen molar-refractivity contribution in [2.45, 2.75) is 51.4 Å². The first-order chi connectivity index (χ1) is 13.1. The third-order valence-corrected chi connectivity index (χ3v) is 6.03. The number of piperidine rings is 1. The lowest BCUT2D eigenvalue weighted by Gasteiger charge is -2.34. The van der Waals surface area contributed by atoms with Crippen molar-refractivity contribution >= 4 is 5.91 Å². The van der Waals surface area contributed by atoms with Crippen LogP contribution < -0.4 is 0 Å². The Kier molecular flexibility index (Phi) is 7.45. The molecule has 4 heteroatoms. The van der Waals surface area contributed by atoms with Gasteiger partial charge in [0.2, 0.25) is 5.91 Å². The van der Waals surface area contributed by atoms with E-state index in [1.807, 2.05) is 18.0 Å². The fraction of sp³-hybridized carbons (Fsp3) is 0.609. The van der Waals surface area contributed by atoms with Gasteiger partial charge in [0.15, 0.2) is 0 Å². The van der Waals surface area contributed by atoms with Crippen molar-refractivity contribution in [3.8, 4) is 0 Å². The number of rotatable bonds is 7. The van der Waals surface area contributed by atoms with Gasteiger partial charge in [-0.1, -0.05) is 23.8 Å². The molecule has 0 saturated carbocycles. The molecule has 1 saturated heterocycles. The summed E-state index contributed by atoms with van der Waals surface area (Å²) in [5, 5.41) is 0. The molecule has 1 aromatic rings. The van der Waals surface area contributed by atoms with E-state index in [9.17, 15) is 9.18 Å². The molecule has 1 aliphatic heterocycles. The van der Waals surface area contributed by atoms with Crippen molar-refractivity contribution in [1.82, 2.24) is 9.80 Å². The Balaban J connectivity index is 1.36. The number of carbonyl (C=O) groups excluding carboxylic acids is 1. The second kappa shape index (κ2) is 10.0. The van der Waals surface area contributed by atoms with E-state index in [-0.39, 0.29) is 11.7 Å². The predicted molar refractivity (Wildman–Crippen MR) is 108 cm³/mol. The van der Waals surface area contributed by atoms with Gasteiger partial charge >= 0.3 is 0 Å². The fourth-order valence-corrected chi connectivity index (χ4v) is 4.26. The number of hydrogen-bond donors (Lipinski definition) is 0. The maximum absolute atomic E-state index is 13.3. The molecule has 1 aliphatic carbocycles. The molecule has 0 spiro atoms. The molecular weight excluding hydrogens is 339 g/mol. The van der Waals surface area contributed by atoms with Crippen LogP contribution in [0, 0.1) is 11.7 Å². The lowest BCUT2D eigenvalue weighted by atomic mass is 9.94. The van der Waals surface area contributed by atoms with Crippen LogP contribution in [0.3, 0.4) is 0 Å². The van der Waals surface area contributed by atoms with Gasteiger partial charge in [0.25, 0.3) is 0 Å². The Hall–Kier alpha value is -1.68. The SMILES string of the molecule is CN(CC1CCN(CCc2cccc(F)c2)CC1)C(=O)CC1=CCCCC1. The highest BCUT2D eigenvalue weighted by Crippen LogP contribution is 2.22. The molecule has 27 heavy (non-hydrogen) atoms. The Labute approximate surface area is 163 Å². The summed E-state index contributed by atoms with van der Waals surface area (Å²) in [5.74, 6) is 0.726. The van der Waals surface area contributed by atoms with Gasteiger partial charge in [-0.05, 0) is 81.6 Å². The first-order valence-electron chi connectivity index (χ1n) is 10.5. The van der Waals surface area contributed by atoms with E-state index < -0.39 is 0 Å². The van der Waals surface area contributed by atoms with Crippen LogP contribution in [-0.2, 0) is 11.2 Å². The summed E-state index contributed by atoms with van der Waals surface area (Å²) >= 11 is 0. The third kappa shape index (κ3) is 6.46. The molecule has 0 radical (unpaired) electrons. The van der Waals surface area contributed by atoms with Crippen LogP contribution in [0.4, 0.5) is 4.39 Å². The smallest absolute Gasteiger partial charge is 0.226 e. The standard InChI is InChI=1S/C23H33FN2O/c1-25(23(27)17-19-6-3-2-4-7-19)18-21-11-14-26(15-12-21)13-10-20-8-5-9-22(24)16-20/h5-6,8-9,16,21H,2-4,7,10-15,17-18H2,1H3. The van der Waals surface area contributed by atoms with Crippen LogP contribution in [-0.4, -0.2) is 48.9 Å². The number of hydrogen-bond acceptors (Lipinski definition) is 2. The Morgan fingerprint density at radius 1 is 1.26 bits per heavy atom. The minimum absolute atomic E-state index is 0.150. The van der Waals surface area contributed by atoms with E-state index in [4.69, 9.17) is 0 Å². The fourth-order valence-electron chi connectivity index (χ4n) is 4.26. The van der Waals surface area contributed by atoms with Crippen LogP contribution in [0.15, 0.2) is 35.9 Å². The molecule has 0 unspecified atom stereocenters. The molecule has 0 aromatic heterocycles. The van der Waals surface area contributed by atoms with E-state index >= 15 is 0 Å². The van der Waals surface area contributed by atoms with Crippen molar-refractivity contribution in [1.29, 1.82) is 0 Å². The van der Waals surface area contributed by atoms with E-state index in [1.54, 1.807) is 12.1 Å². The molecule has 0 N–H and O–H groups in total. The highest BCUT2D eigenvalue weighted by molar-refractivity contribution is 5.78. The van der Waals surface area contributed by atoms with Crippen LogP contribution in [0.25, 0.3) is 0 Å². The Morgan fingerprint density at radius 2 is 2.07 bits per heavy atom. The van der Waals surface area contributed by atoms with Gasteiger partial charge in [-0.2, -0.15) is 0 Å². The first-order valence-corrected chi connectivity index (χ1v) is 10.5. The van der Waals surface area contributed by atoms with E-state index in [1.165, 1.54) is 24.5 Å². The van der Waals surface area contributed by atoms with Crippen molar-refractivity contribution in [2.24, 2.45) is 5.92 Å². The minimum Gasteiger partial charge on any atom is -0.345 e. The van der Waals surface area contributed by atoms with Gasteiger partial charge in [-0.25, -0.2) is 4.39 Å². The average Bonchev–Trinajstić information content (AvgIpc) is 2.68. The number of benzene rings is 1. The molecule has 1 heterocycles. The zero-order chi connectivity index (χ0) is 19.1. The second-order valence-corrected chi connectivity index (χ2v) is 8.22. The molecule has 2 aliphatic rings. The summed E-state index contributed by atoms with van der Waals surface area (Å²) < 4.78 is 13.3. The molecule has 3 rings (SSSR count). The van der Waals surface area contributed by atoms with Crippen LogP contribution in [0.2, 0.25) is 0 Å². The maximum atomic E-state index is 13.3. The normalized spacial score (nSPS) is 19.0. The van der Waals surface area contributed by atoms with Gasteiger partial charge in [0.05, 0.1) is 0 Å². The lowest BCUT2D eigenvalue weighted by molar-refractivity contribution is -0.130. The number of allylic oxidation sites excluding steroid dienone is 1. The largest absolute Gasteiger partial charge is 0.345 e. The van der Waals surface area contributed by atoms with Crippen LogP contribution >= 0.6 is 0 Å². The van der Waals surface area contributed by atoms with Crippen molar-refractivity contribution in [3.05, 3.63) is 47.3 Å². The summed E-state index contributed by atoms with van der Waals surface area (Å²) in [5.41, 5.74) is 2.41. The van der Waals surface area contributed by atoms with Crippen molar-refractivity contribution < 1.29 is 9.18 Å². The number of amides is 1. The monoisotopic (exact) mass is 372 g/mol. The molecule has 1 fully saturated rings. The zero-order valence-corrected chi connectivity index (χ0v) is 16.6. The number of halogens is 1. The quantitative estimate of drug-likeness (QED) is 0.661. The van der Waals surface area contributed by atoms with Gasteiger partial charge in [-0.15, -0.1) is 0 Å². The van der Waals surface area contributed by atoms with Gasteiger partial charge in [0, 0.05) is 26.6 Å². The zero-order valence-electron chi connectivity index (χ0n) is 16.6. The summed E-state index contributed by atoms with van der Waals surface area (Å²) in [7, 11) is 1.96. The summed E-state index contributed by atoms with van der Waals surface area (Å²) in [4.78, 5) is 16.9.